The molecule has 1 fully saturated rings. The Morgan fingerprint density at radius 2 is 2.37 bits per heavy atom. The van der Waals surface area contributed by atoms with Crippen LogP contribution in [0.4, 0.5) is 5.69 Å². The van der Waals surface area contributed by atoms with Gasteiger partial charge >= 0.3 is 0 Å². The summed E-state index contributed by atoms with van der Waals surface area (Å²) in [4.78, 5) is 1.49. The van der Waals surface area contributed by atoms with Crippen molar-refractivity contribution in [1.82, 2.24) is 0 Å². The summed E-state index contributed by atoms with van der Waals surface area (Å²) in [5, 5.41) is 3.35. The Hall–Kier alpha value is -0.820. The highest BCUT2D eigenvalue weighted by atomic mass is 32.2. The molecule has 0 aliphatic carbocycles. The molecule has 2 rings (SSSR count). The summed E-state index contributed by atoms with van der Waals surface area (Å²) in [6.07, 6.45) is 2.09. The van der Waals surface area contributed by atoms with E-state index in [4.69, 9.17) is 27.4 Å². The number of hydrogen-bond acceptors (Lipinski definition) is 5. The number of rotatable bonds is 5. The van der Waals surface area contributed by atoms with Gasteiger partial charge in [0.25, 0.3) is 0 Å². The first-order valence-corrected chi connectivity index (χ1v) is 7.75. The molecule has 19 heavy (non-hydrogen) atoms. The molecule has 3 N–H and O–H groups in total. The number of thioether (sulfide) groups is 1. The molecule has 0 amide bonds. The minimum absolute atomic E-state index is 0.0749. The summed E-state index contributed by atoms with van der Waals surface area (Å²) in [5.74, 6) is 0. The second-order valence-electron chi connectivity index (χ2n) is 4.20. The number of hydrogen-bond donors (Lipinski definition) is 2. The van der Waals surface area contributed by atoms with Crippen LogP contribution in [0.1, 0.15) is 5.56 Å². The normalized spacial score (nSPS) is 19.1. The lowest BCUT2D eigenvalue weighted by Crippen LogP contribution is -2.34. The number of nitrogens with two attached hydrogens (primary N) is 1. The molecule has 0 radical (unpaired) electrons. The van der Waals surface area contributed by atoms with Crippen LogP contribution in [0.3, 0.4) is 0 Å². The van der Waals surface area contributed by atoms with Crippen LogP contribution < -0.4 is 11.1 Å². The third-order valence-corrected chi connectivity index (χ3v) is 3.88. The average molecular weight is 298 g/mol. The molecular weight excluding hydrogens is 280 g/mol. The van der Waals surface area contributed by atoms with Crippen molar-refractivity contribution in [3.8, 4) is 0 Å². The van der Waals surface area contributed by atoms with E-state index in [2.05, 4.69) is 5.32 Å². The van der Waals surface area contributed by atoms with Crippen LogP contribution in [-0.2, 0) is 9.47 Å². The lowest BCUT2D eigenvalue weighted by molar-refractivity contribution is -0.0818. The Bertz CT molecular complexity index is 448. The fourth-order valence-corrected chi connectivity index (χ4v) is 2.90. The molecule has 104 valence electrons. The predicted octanol–water partition coefficient (Wildman–Crippen LogP) is 1.87. The lowest BCUT2D eigenvalue weighted by Gasteiger charge is -2.24. The van der Waals surface area contributed by atoms with Crippen molar-refractivity contribution < 1.29 is 9.47 Å². The molecule has 1 heterocycles. The molecule has 1 aliphatic heterocycles. The van der Waals surface area contributed by atoms with Crippen molar-refractivity contribution in [2.45, 2.75) is 11.0 Å². The highest BCUT2D eigenvalue weighted by Gasteiger charge is 2.16. The van der Waals surface area contributed by atoms with Crippen molar-refractivity contribution in [3.63, 3.8) is 0 Å². The number of nitrogens with one attached hydrogen (secondary N) is 1. The van der Waals surface area contributed by atoms with Gasteiger partial charge < -0.3 is 20.5 Å². The van der Waals surface area contributed by atoms with Crippen LogP contribution >= 0.6 is 24.0 Å². The smallest absolute Gasteiger partial charge is 0.107 e. The van der Waals surface area contributed by atoms with Gasteiger partial charge in [0.1, 0.15) is 4.99 Å². The molecule has 4 nitrogen and oxygen atoms in total. The summed E-state index contributed by atoms with van der Waals surface area (Å²) >= 11 is 6.78. The van der Waals surface area contributed by atoms with Gasteiger partial charge in [0.15, 0.2) is 0 Å². The summed E-state index contributed by atoms with van der Waals surface area (Å²) in [6, 6.07) is 6.00. The monoisotopic (exact) mass is 298 g/mol. The van der Waals surface area contributed by atoms with E-state index >= 15 is 0 Å². The van der Waals surface area contributed by atoms with Crippen LogP contribution in [0.5, 0.6) is 0 Å². The van der Waals surface area contributed by atoms with E-state index in [0.29, 0.717) is 31.4 Å². The molecule has 0 saturated carbocycles. The average Bonchev–Trinajstić information content (AvgIpc) is 2.45. The summed E-state index contributed by atoms with van der Waals surface area (Å²) in [5.41, 5.74) is 7.68. The summed E-state index contributed by atoms with van der Waals surface area (Å²) in [6.45, 7) is 2.64. The van der Waals surface area contributed by atoms with Crippen molar-refractivity contribution in [2.75, 3.05) is 37.9 Å². The molecule has 1 atom stereocenters. The zero-order valence-corrected chi connectivity index (χ0v) is 12.5. The van der Waals surface area contributed by atoms with E-state index in [9.17, 15) is 0 Å². The molecule has 0 bridgehead atoms. The quantitative estimate of drug-likeness (QED) is 0.639. The minimum Gasteiger partial charge on any atom is -0.389 e. The predicted molar refractivity (Wildman–Crippen MR) is 83.2 cm³/mol. The zero-order valence-electron chi connectivity index (χ0n) is 10.8. The van der Waals surface area contributed by atoms with Crippen LogP contribution in [0.15, 0.2) is 23.1 Å². The second-order valence-corrected chi connectivity index (χ2v) is 5.48. The molecule has 1 aromatic carbocycles. The fraction of sp³-hybridized carbons (Fsp3) is 0.462. The summed E-state index contributed by atoms with van der Waals surface area (Å²) < 4.78 is 11.0. The van der Waals surface area contributed by atoms with Gasteiger partial charge in [-0.25, -0.2) is 0 Å². The Morgan fingerprint density at radius 3 is 3.00 bits per heavy atom. The van der Waals surface area contributed by atoms with E-state index in [1.807, 2.05) is 24.5 Å². The Morgan fingerprint density at radius 1 is 1.53 bits per heavy atom. The topological polar surface area (TPSA) is 56.5 Å². The Balaban J connectivity index is 2.08. The molecule has 1 saturated heterocycles. The van der Waals surface area contributed by atoms with Gasteiger partial charge in [0.05, 0.1) is 25.9 Å². The Labute approximate surface area is 123 Å². The largest absolute Gasteiger partial charge is 0.389 e. The molecule has 1 aromatic rings. The van der Waals surface area contributed by atoms with Gasteiger partial charge in [-0.05, 0) is 18.4 Å². The van der Waals surface area contributed by atoms with Crippen LogP contribution in [-0.4, -0.2) is 43.7 Å². The van der Waals surface area contributed by atoms with Crippen molar-refractivity contribution in [3.05, 3.63) is 23.8 Å². The maximum absolute atomic E-state index is 5.82. The van der Waals surface area contributed by atoms with E-state index in [1.165, 1.54) is 0 Å². The van der Waals surface area contributed by atoms with Crippen molar-refractivity contribution in [2.24, 2.45) is 5.73 Å². The van der Waals surface area contributed by atoms with Crippen LogP contribution in [0.2, 0.25) is 0 Å². The number of benzene rings is 1. The first-order chi connectivity index (χ1) is 9.22. The van der Waals surface area contributed by atoms with E-state index in [-0.39, 0.29) is 6.10 Å². The van der Waals surface area contributed by atoms with Gasteiger partial charge in [0, 0.05) is 22.7 Å². The highest BCUT2D eigenvalue weighted by molar-refractivity contribution is 7.98. The first kappa shape index (κ1) is 14.6. The molecule has 0 aromatic heterocycles. The molecule has 1 unspecified atom stereocenters. The van der Waals surface area contributed by atoms with Crippen molar-refractivity contribution in [1.29, 1.82) is 0 Å². The maximum Gasteiger partial charge on any atom is 0.107 e. The maximum atomic E-state index is 5.82. The van der Waals surface area contributed by atoms with E-state index < -0.39 is 0 Å². The molecule has 1 aliphatic rings. The van der Waals surface area contributed by atoms with Crippen LogP contribution in [0.25, 0.3) is 0 Å². The first-order valence-electron chi connectivity index (χ1n) is 6.12. The van der Waals surface area contributed by atoms with Gasteiger partial charge in [-0.2, -0.15) is 0 Å². The molecular formula is C13H18N2O2S2. The third kappa shape index (κ3) is 3.82. The number of ether oxygens (including phenoxy) is 2. The van der Waals surface area contributed by atoms with Gasteiger partial charge in [-0.1, -0.05) is 18.3 Å². The van der Waals surface area contributed by atoms with E-state index in [1.54, 1.807) is 11.8 Å². The van der Waals surface area contributed by atoms with Gasteiger partial charge in [-0.15, -0.1) is 11.8 Å². The number of thiocarbonyl (C=S) groups is 1. The van der Waals surface area contributed by atoms with Crippen molar-refractivity contribution >= 4 is 34.7 Å². The third-order valence-electron chi connectivity index (χ3n) is 2.90. The highest BCUT2D eigenvalue weighted by Crippen LogP contribution is 2.27. The standard InChI is InChI=1S/C13H18N2O2S2/c1-19-11-4-2-3-10(12(11)13(14)18)15-7-9-8-16-5-6-17-9/h2-4,9,15H,5-8H2,1H3,(H2,14,18). The molecule has 0 spiro atoms. The van der Waals surface area contributed by atoms with E-state index in [0.717, 1.165) is 16.1 Å². The van der Waals surface area contributed by atoms with Gasteiger partial charge in [-0.3, -0.25) is 0 Å². The summed E-state index contributed by atoms with van der Waals surface area (Å²) in [7, 11) is 0. The number of anilines is 1. The zero-order chi connectivity index (χ0) is 13.7. The van der Waals surface area contributed by atoms with Crippen LogP contribution in [0, 0.1) is 0 Å². The Kier molecular flexibility index (Phi) is 5.45. The lowest BCUT2D eigenvalue weighted by atomic mass is 10.1. The minimum atomic E-state index is 0.0749. The van der Waals surface area contributed by atoms with Gasteiger partial charge in [0.2, 0.25) is 0 Å². The SMILES string of the molecule is CSc1cccc(NCC2COCCO2)c1C(N)=S. The second kappa shape index (κ2) is 7.09. The molecule has 6 heteroatoms. The fourth-order valence-electron chi connectivity index (χ4n) is 1.98.